The van der Waals surface area contributed by atoms with E-state index in [0.29, 0.717) is 0 Å². The average molecular weight is 192 g/mol. The minimum atomic E-state index is -0.154. The first-order valence-electron chi connectivity index (χ1n) is 4.29. The maximum Gasteiger partial charge on any atom is 0.225 e. The minimum absolute atomic E-state index is 0.0504. The first kappa shape index (κ1) is 10.3. The highest BCUT2D eigenvalue weighted by Crippen LogP contribution is 2.09. The van der Waals surface area contributed by atoms with Crippen molar-refractivity contribution < 1.29 is 4.79 Å². The van der Waals surface area contributed by atoms with Gasteiger partial charge in [-0.2, -0.15) is 10.4 Å². The summed E-state index contributed by atoms with van der Waals surface area (Å²) in [6.07, 6.45) is 0.274. The fraction of sp³-hybridized carbons (Fsp3) is 0.444. The van der Waals surface area contributed by atoms with Gasteiger partial charge in [-0.3, -0.25) is 9.89 Å². The van der Waals surface area contributed by atoms with Gasteiger partial charge >= 0.3 is 0 Å². The molecule has 0 atom stereocenters. The van der Waals surface area contributed by atoms with E-state index in [1.54, 1.807) is 0 Å². The number of carbonyl (C=O) groups is 1. The molecule has 1 rings (SSSR count). The van der Waals surface area contributed by atoms with Gasteiger partial charge in [-0.05, 0) is 13.8 Å². The van der Waals surface area contributed by atoms with Crippen LogP contribution >= 0.6 is 0 Å². The number of nitriles is 1. The largest absolute Gasteiger partial charge is 0.343 e. The molecule has 0 aromatic carbocycles. The topological polar surface area (TPSA) is 81.6 Å². The zero-order valence-corrected chi connectivity index (χ0v) is 8.22. The predicted molar refractivity (Wildman–Crippen MR) is 50.4 cm³/mol. The fourth-order valence-corrected chi connectivity index (χ4v) is 1.20. The van der Waals surface area contributed by atoms with Crippen molar-refractivity contribution in [3.8, 4) is 6.07 Å². The summed E-state index contributed by atoms with van der Waals surface area (Å²) in [4.78, 5) is 11.3. The van der Waals surface area contributed by atoms with Crippen molar-refractivity contribution in [2.24, 2.45) is 0 Å². The molecular weight excluding hydrogens is 180 g/mol. The summed E-state index contributed by atoms with van der Waals surface area (Å²) in [5, 5.41) is 17.5. The molecule has 5 nitrogen and oxygen atoms in total. The number of aryl methyl sites for hydroxylation is 2. The Labute approximate surface area is 82.1 Å². The van der Waals surface area contributed by atoms with Gasteiger partial charge in [0.2, 0.25) is 5.91 Å². The lowest BCUT2D eigenvalue weighted by molar-refractivity contribution is -0.120. The highest BCUT2D eigenvalue weighted by atomic mass is 16.1. The number of amides is 1. The quantitative estimate of drug-likeness (QED) is 0.671. The third-order valence-corrected chi connectivity index (χ3v) is 1.98. The molecule has 74 valence electrons. The van der Waals surface area contributed by atoms with Crippen molar-refractivity contribution in [3.05, 3.63) is 17.0 Å². The van der Waals surface area contributed by atoms with Crippen LogP contribution in [0.2, 0.25) is 0 Å². The molecule has 1 aromatic heterocycles. The van der Waals surface area contributed by atoms with Crippen molar-refractivity contribution in [2.75, 3.05) is 6.54 Å². The molecule has 0 spiro atoms. The van der Waals surface area contributed by atoms with Crippen LogP contribution in [0.25, 0.3) is 0 Å². The zero-order valence-electron chi connectivity index (χ0n) is 8.22. The smallest absolute Gasteiger partial charge is 0.225 e. The van der Waals surface area contributed by atoms with Gasteiger partial charge in [0.1, 0.15) is 6.54 Å². The normalized spacial score (nSPS) is 9.50. The minimum Gasteiger partial charge on any atom is -0.343 e. The Morgan fingerprint density at radius 3 is 2.86 bits per heavy atom. The fourth-order valence-electron chi connectivity index (χ4n) is 1.20. The molecule has 0 saturated heterocycles. The Morgan fingerprint density at radius 1 is 1.64 bits per heavy atom. The van der Waals surface area contributed by atoms with E-state index in [0.717, 1.165) is 17.0 Å². The first-order valence-corrected chi connectivity index (χ1v) is 4.29. The second kappa shape index (κ2) is 4.42. The van der Waals surface area contributed by atoms with Crippen LogP contribution in [0.3, 0.4) is 0 Å². The number of carbonyl (C=O) groups excluding carboxylic acids is 1. The molecular formula is C9H12N4O. The Hall–Kier alpha value is -1.83. The van der Waals surface area contributed by atoms with Gasteiger partial charge in [-0.1, -0.05) is 0 Å². The van der Waals surface area contributed by atoms with Gasteiger partial charge in [0, 0.05) is 11.3 Å². The predicted octanol–water partition coefficient (Wildman–Crippen LogP) is 0.209. The highest BCUT2D eigenvalue weighted by Gasteiger charge is 2.10. The maximum absolute atomic E-state index is 11.3. The number of aromatic amines is 1. The molecule has 2 N–H and O–H groups in total. The summed E-state index contributed by atoms with van der Waals surface area (Å²) in [7, 11) is 0. The zero-order chi connectivity index (χ0) is 10.6. The van der Waals surface area contributed by atoms with Crippen LogP contribution in [0, 0.1) is 25.2 Å². The van der Waals surface area contributed by atoms with E-state index >= 15 is 0 Å². The second-order valence-electron chi connectivity index (χ2n) is 3.02. The molecule has 0 aliphatic carbocycles. The summed E-state index contributed by atoms with van der Waals surface area (Å²) < 4.78 is 0. The first-order chi connectivity index (χ1) is 6.65. The highest BCUT2D eigenvalue weighted by molar-refractivity contribution is 5.79. The summed E-state index contributed by atoms with van der Waals surface area (Å²) in [5.74, 6) is -0.154. The van der Waals surface area contributed by atoms with Crippen LogP contribution in [0.4, 0.5) is 0 Å². The Bertz CT molecular complexity index is 355. The molecule has 0 aliphatic rings. The van der Waals surface area contributed by atoms with Gasteiger partial charge in [0.15, 0.2) is 0 Å². The number of hydrogen-bond acceptors (Lipinski definition) is 3. The Kier molecular flexibility index (Phi) is 3.24. The maximum atomic E-state index is 11.3. The summed E-state index contributed by atoms with van der Waals surface area (Å²) >= 11 is 0. The summed E-state index contributed by atoms with van der Waals surface area (Å²) in [6.45, 7) is 3.76. The lowest BCUT2D eigenvalue weighted by Crippen LogP contribution is -2.25. The van der Waals surface area contributed by atoms with Crippen molar-refractivity contribution in [3.63, 3.8) is 0 Å². The number of nitrogens with zero attached hydrogens (tertiary/aromatic N) is 2. The van der Waals surface area contributed by atoms with Crippen molar-refractivity contribution in [2.45, 2.75) is 20.3 Å². The van der Waals surface area contributed by atoms with E-state index in [1.807, 2.05) is 19.9 Å². The average Bonchev–Trinajstić information content (AvgIpc) is 2.46. The van der Waals surface area contributed by atoms with Gasteiger partial charge < -0.3 is 5.32 Å². The summed E-state index contributed by atoms with van der Waals surface area (Å²) in [6, 6.07) is 1.85. The van der Waals surface area contributed by atoms with Crippen molar-refractivity contribution in [1.82, 2.24) is 15.5 Å². The third kappa shape index (κ3) is 2.33. The molecule has 1 aromatic rings. The molecule has 14 heavy (non-hydrogen) atoms. The van der Waals surface area contributed by atoms with E-state index in [4.69, 9.17) is 5.26 Å². The van der Waals surface area contributed by atoms with E-state index in [-0.39, 0.29) is 18.9 Å². The number of hydrogen-bond donors (Lipinski definition) is 2. The Balaban J connectivity index is 2.61. The number of rotatable bonds is 3. The monoisotopic (exact) mass is 192 g/mol. The van der Waals surface area contributed by atoms with Gasteiger partial charge in [0.05, 0.1) is 18.2 Å². The third-order valence-electron chi connectivity index (χ3n) is 1.98. The number of aromatic nitrogens is 2. The molecule has 0 unspecified atom stereocenters. The van der Waals surface area contributed by atoms with Crippen molar-refractivity contribution >= 4 is 5.91 Å². The number of nitrogens with one attached hydrogen (secondary N) is 2. The molecule has 1 heterocycles. The lowest BCUT2D eigenvalue weighted by atomic mass is 10.1. The molecule has 0 bridgehead atoms. The number of H-pyrrole nitrogens is 1. The van der Waals surface area contributed by atoms with E-state index in [2.05, 4.69) is 15.5 Å². The summed E-state index contributed by atoms with van der Waals surface area (Å²) in [5.41, 5.74) is 2.63. The molecule has 1 amide bonds. The van der Waals surface area contributed by atoms with Crippen LogP contribution in [0.1, 0.15) is 17.0 Å². The van der Waals surface area contributed by atoms with Gasteiger partial charge in [-0.15, -0.1) is 0 Å². The van der Waals surface area contributed by atoms with Gasteiger partial charge in [-0.25, -0.2) is 0 Å². The lowest BCUT2D eigenvalue weighted by Gasteiger charge is -2.00. The van der Waals surface area contributed by atoms with Crippen molar-refractivity contribution in [1.29, 1.82) is 5.26 Å². The molecule has 0 aliphatic heterocycles. The van der Waals surface area contributed by atoms with Crippen LogP contribution in [-0.2, 0) is 11.2 Å². The van der Waals surface area contributed by atoms with Crippen LogP contribution in [0.15, 0.2) is 0 Å². The standard InChI is InChI=1S/C9H12N4O/c1-6-8(7(2)13-12-6)5-9(14)11-4-3-10/h4-5H2,1-2H3,(H,11,14)(H,12,13). The van der Waals surface area contributed by atoms with E-state index in [9.17, 15) is 4.79 Å². The molecule has 5 heteroatoms. The van der Waals surface area contributed by atoms with Crippen LogP contribution < -0.4 is 5.32 Å². The molecule has 0 fully saturated rings. The molecule has 0 saturated carbocycles. The van der Waals surface area contributed by atoms with E-state index in [1.165, 1.54) is 0 Å². The molecule has 0 radical (unpaired) electrons. The van der Waals surface area contributed by atoms with E-state index < -0.39 is 0 Å². The SMILES string of the molecule is Cc1n[nH]c(C)c1CC(=O)NCC#N. The Morgan fingerprint density at radius 2 is 2.36 bits per heavy atom. The van der Waals surface area contributed by atoms with Gasteiger partial charge in [0.25, 0.3) is 0 Å². The van der Waals surface area contributed by atoms with Crippen LogP contribution in [0.5, 0.6) is 0 Å². The van der Waals surface area contributed by atoms with Crippen LogP contribution in [-0.4, -0.2) is 22.6 Å². The second-order valence-corrected chi connectivity index (χ2v) is 3.02.